The predicted molar refractivity (Wildman–Crippen MR) is 68.8 cm³/mol. The van der Waals surface area contributed by atoms with Gasteiger partial charge in [-0.25, -0.2) is 4.98 Å². The molecule has 0 spiro atoms. The van der Waals surface area contributed by atoms with Crippen molar-refractivity contribution in [3.8, 4) is 11.6 Å². The standard InChI is InChI=1S/C11H5Cl3N2O/c12-5-3-7-8(4-6(5)13)16-11(15-7)9-1-2-10(14)17-9/h1-4H,(H,15,16). The summed E-state index contributed by atoms with van der Waals surface area (Å²) in [5.74, 6) is 1.16. The van der Waals surface area contributed by atoms with E-state index in [1.807, 2.05) is 0 Å². The van der Waals surface area contributed by atoms with E-state index in [1.54, 1.807) is 24.3 Å². The minimum atomic E-state index is 0.316. The molecule has 0 saturated carbocycles. The van der Waals surface area contributed by atoms with Crippen LogP contribution in [-0.2, 0) is 0 Å². The Balaban J connectivity index is 2.19. The van der Waals surface area contributed by atoms with E-state index < -0.39 is 0 Å². The molecule has 0 atom stereocenters. The summed E-state index contributed by atoms with van der Waals surface area (Å²) in [6.45, 7) is 0. The lowest BCUT2D eigenvalue weighted by atomic mass is 10.3. The van der Waals surface area contributed by atoms with Gasteiger partial charge in [0.2, 0.25) is 0 Å². The average Bonchev–Trinajstić information content (AvgIpc) is 2.85. The summed E-state index contributed by atoms with van der Waals surface area (Å²) < 4.78 is 5.27. The Bertz CT molecular complexity index is 663. The highest BCUT2D eigenvalue weighted by Gasteiger charge is 2.10. The van der Waals surface area contributed by atoms with Crippen LogP contribution < -0.4 is 0 Å². The van der Waals surface area contributed by atoms with Crippen molar-refractivity contribution in [3.05, 3.63) is 39.5 Å². The number of fused-ring (bicyclic) bond motifs is 1. The van der Waals surface area contributed by atoms with E-state index in [0.717, 1.165) is 11.0 Å². The van der Waals surface area contributed by atoms with Crippen LogP contribution in [0.2, 0.25) is 15.3 Å². The van der Waals surface area contributed by atoms with Crippen LogP contribution in [0.1, 0.15) is 0 Å². The number of halogens is 3. The molecule has 1 N–H and O–H groups in total. The lowest BCUT2D eigenvalue weighted by Gasteiger charge is -1.93. The lowest BCUT2D eigenvalue weighted by Crippen LogP contribution is -1.74. The number of furan rings is 1. The van der Waals surface area contributed by atoms with Crippen LogP contribution in [0.4, 0.5) is 0 Å². The van der Waals surface area contributed by atoms with Gasteiger partial charge in [-0.2, -0.15) is 0 Å². The first kappa shape index (κ1) is 11.0. The summed E-state index contributed by atoms with van der Waals surface area (Å²) in [4.78, 5) is 7.43. The van der Waals surface area contributed by atoms with Gasteiger partial charge >= 0.3 is 0 Å². The summed E-state index contributed by atoms with van der Waals surface area (Å²) in [5, 5.41) is 1.26. The molecule has 0 radical (unpaired) electrons. The van der Waals surface area contributed by atoms with E-state index in [0.29, 0.717) is 26.8 Å². The van der Waals surface area contributed by atoms with Crippen LogP contribution in [0.25, 0.3) is 22.6 Å². The molecule has 0 saturated heterocycles. The second kappa shape index (κ2) is 3.95. The molecule has 0 aliphatic rings. The molecule has 86 valence electrons. The highest BCUT2D eigenvalue weighted by Crippen LogP contribution is 2.29. The van der Waals surface area contributed by atoms with Crippen LogP contribution in [0.3, 0.4) is 0 Å². The fourth-order valence-corrected chi connectivity index (χ4v) is 2.03. The summed E-state index contributed by atoms with van der Waals surface area (Å²) in [6, 6.07) is 6.82. The van der Waals surface area contributed by atoms with Gasteiger partial charge in [0, 0.05) is 0 Å². The number of hydrogen-bond donors (Lipinski definition) is 1. The van der Waals surface area contributed by atoms with Crippen LogP contribution in [0, 0.1) is 0 Å². The number of nitrogens with one attached hydrogen (secondary N) is 1. The first-order chi connectivity index (χ1) is 8.13. The zero-order valence-electron chi connectivity index (χ0n) is 8.30. The smallest absolute Gasteiger partial charge is 0.194 e. The third kappa shape index (κ3) is 1.90. The normalized spacial score (nSPS) is 11.2. The van der Waals surface area contributed by atoms with Crippen molar-refractivity contribution in [2.45, 2.75) is 0 Å². The molecular formula is C11H5Cl3N2O. The van der Waals surface area contributed by atoms with Gasteiger partial charge in [-0.15, -0.1) is 0 Å². The third-order valence-electron chi connectivity index (χ3n) is 2.33. The minimum Gasteiger partial charge on any atom is -0.441 e. The molecule has 0 amide bonds. The number of benzene rings is 1. The summed E-state index contributed by atoms with van der Waals surface area (Å²) in [6.07, 6.45) is 0. The Labute approximate surface area is 111 Å². The number of rotatable bonds is 1. The second-order valence-electron chi connectivity index (χ2n) is 3.47. The molecule has 2 aromatic heterocycles. The van der Waals surface area contributed by atoms with Gasteiger partial charge in [-0.3, -0.25) is 0 Å². The van der Waals surface area contributed by atoms with Crippen molar-refractivity contribution < 1.29 is 4.42 Å². The highest BCUT2D eigenvalue weighted by atomic mass is 35.5. The molecule has 0 bridgehead atoms. The van der Waals surface area contributed by atoms with Crippen LogP contribution in [-0.4, -0.2) is 9.97 Å². The van der Waals surface area contributed by atoms with Gasteiger partial charge in [0.15, 0.2) is 16.8 Å². The SMILES string of the molecule is Clc1ccc(-c2nc3cc(Cl)c(Cl)cc3[nH]2)o1. The Morgan fingerprint density at radius 2 is 1.82 bits per heavy atom. The zero-order chi connectivity index (χ0) is 12.0. The van der Waals surface area contributed by atoms with Crippen molar-refractivity contribution >= 4 is 45.8 Å². The van der Waals surface area contributed by atoms with Crippen LogP contribution in [0.5, 0.6) is 0 Å². The second-order valence-corrected chi connectivity index (χ2v) is 4.66. The van der Waals surface area contributed by atoms with Crippen molar-refractivity contribution in [2.75, 3.05) is 0 Å². The zero-order valence-corrected chi connectivity index (χ0v) is 10.6. The molecule has 0 fully saturated rings. The maximum atomic E-state index is 5.92. The molecule has 6 heteroatoms. The fourth-order valence-electron chi connectivity index (χ4n) is 1.56. The van der Waals surface area contributed by atoms with Gasteiger partial charge in [-0.1, -0.05) is 23.2 Å². The van der Waals surface area contributed by atoms with E-state index in [-0.39, 0.29) is 0 Å². The van der Waals surface area contributed by atoms with E-state index in [9.17, 15) is 0 Å². The van der Waals surface area contributed by atoms with E-state index in [1.165, 1.54) is 0 Å². The largest absolute Gasteiger partial charge is 0.441 e. The number of aromatic amines is 1. The lowest BCUT2D eigenvalue weighted by molar-refractivity contribution is 0.580. The molecule has 0 unspecified atom stereocenters. The predicted octanol–water partition coefficient (Wildman–Crippen LogP) is 4.78. The molecule has 2 heterocycles. The molecule has 0 aliphatic carbocycles. The van der Waals surface area contributed by atoms with E-state index in [2.05, 4.69) is 9.97 Å². The Morgan fingerprint density at radius 1 is 1.06 bits per heavy atom. The number of hydrogen-bond acceptors (Lipinski definition) is 2. The van der Waals surface area contributed by atoms with E-state index >= 15 is 0 Å². The van der Waals surface area contributed by atoms with Gasteiger partial charge in [0.1, 0.15) is 0 Å². The van der Waals surface area contributed by atoms with Crippen LogP contribution >= 0.6 is 34.8 Å². The molecule has 3 rings (SSSR count). The summed E-state index contributed by atoms with van der Waals surface area (Å²) >= 11 is 17.5. The van der Waals surface area contributed by atoms with Crippen molar-refractivity contribution in [1.29, 1.82) is 0 Å². The third-order valence-corrected chi connectivity index (χ3v) is 3.26. The topological polar surface area (TPSA) is 41.8 Å². The maximum absolute atomic E-state index is 5.92. The van der Waals surface area contributed by atoms with Crippen molar-refractivity contribution in [2.24, 2.45) is 0 Å². The van der Waals surface area contributed by atoms with Gasteiger partial charge in [-0.05, 0) is 35.9 Å². The first-order valence-corrected chi connectivity index (χ1v) is 5.87. The van der Waals surface area contributed by atoms with E-state index in [4.69, 9.17) is 39.2 Å². The average molecular weight is 288 g/mol. The van der Waals surface area contributed by atoms with Gasteiger partial charge in [0.25, 0.3) is 0 Å². The Hall–Kier alpha value is -1.16. The maximum Gasteiger partial charge on any atom is 0.194 e. The first-order valence-electron chi connectivity index (χ1n) is 4.74. The Kier molecular flexibility index (Phi) is 2.54. The van der Waals surface area contributed by atoms with Gasteiger partial charge < -0.3 is 9.40 Å². The van der Waals surface area contributed by atoms with Crippen molar-refractivity contribution in [1.82, 2.24) is 9.97 Å². The fraction of sp³-hybridized carbons (Fsp3) is 0. The molecule has 3 nitrogen and oxygen atoms in total. The molecule has 1 aromatic carbocycles. The van der Waals surface area contributed by atoms with Gasteiger partial charge in [0.05, 0.1) is 21.1 Å². The molecule has 17 heavy (non-hydrogen) atoms. The molecule has 0 aliphatic heterocycles. The number of aromatic nitrogens is 2. The Morgan fingerprint density at radius 3 is 2.53 bits per heavy atom. The monoisotopic (exact) mass is 286 g/mol. The number of nitrogens with zero attached hydrogens (tertiary/aromatic N) is 1. The van der Waals surface area contributed by atoms with Crippen molar-refractivity contribution in [3.63, 3.8) is 0 Å². The van der Waals surface area contributed by atoms with Crippen LogP contribution in [0.15, 0.2) is 28.7 Å². The number of H-pyrrole nitrogens is 1. The minimum absolute atomic E-state index is 0.316. The molecule has 3 aromatic rings. The summed E-state index contributed by atoms with van der Waals surface area (Å²) in [5.41, 5.74) is 1.52. The number of imidazole rings is 1. The quantitative estimate of drug-likeness (QED) is 0.699. The molecular weight excluding hydrogens is 282 g/mol. The highest BCUT2D eigenvalue weighted by molar-refractivity contribution is 6.42. The summed E-state index contributed by atoms with van der Waals surface area (Å²) in [7, 11) is 0.